The summed E-state index contributed by atoms with van der Waals surface area (Å²) in [6.07, 6.45) is 5.77. The van der Waals surface area contributed by atoms with Gasteiger partial charge in [0.1, 0.15) is 11.5 Å². The van der Waals surface area contributed by atoms with E-state index >= 15 is 0 Å². The molecule has 1 fully saturated rings. The Morgan fingerprint density at radius 2 is 1.96 bits per heavy atom. The third-order valence-corrected chi connectivity index (χ3v) is 5.13. The predicted octanol–water partition coefficient (Wildman–Crippen LogP) is 3.20. The standard InChI is InChI=1S/C20H19N5O2/c1-13-15(6-7-17(22-13)24-9-2-3-10-24)19-23-16-12-25(20(26)18(16)27-19)14-5-4-8-21-11-14/h4-8,11H,2-3,9-10,12H2,1H3. The van der Waals surface area contributed by atoms with E-state index in [2.05, 4.69) is 14.9 Å². The first-order valence-electron chi connectivity index (χ1n) is 9.15. The van der Waals surface area contributed by atoms with Gasteiger partial charge in [0, 0.05) is 19.3 Å². The van der Waals surface area contributed by atoms with Crippen LogP contribution in [0.3, 0.4) is 0 Å². The van der Waals surface area contributed by atoms with Gasteiger partial charge in [0.2, 0.25) is 11.7 Å². The van der Waals surface area contributed by atoms with Crippen molar-refractivity contribution in [1.82, 2.24) is 15.0 Å². The van der Waals surface area contributed by atoms with Gasteiger partial charge in [0.25, 0.3) is 5.91 Å². The molecule has 0 spiro atoms. The number of pyridine rings is 2. The quantitative estimate of drug-likeness (QED) is 0.713. The molecule has 0 bridgehead atoms. The van der Waals surface area contributed by atoms with Crippen LogP contribution in [0.5, 0.6) is 0 Å². The van der Waals surface area contributed by atoms with Crippen LogP contribution in [0.2, 0.25) is 0 Å². The van der Waals surface area contributed by atoms with Gasteiger partial charge in [0.15, 0.2) is 0 Å². The molecule has 2 aliphatic heterocycles. The molecule has 0 radical (unpaired) electrons. The second kappa shape index (κ2) is 6.19. The van der Waals surface area contributed by atoms with Gasteiger partial charge in [-0.25, -0.2) is 9.97 Å². The molecular formula is C20H19N5O2. The maximum atomic E-state index is 12.7. The highest BCUT2D eigenvalue weighted by atomic mass is 16.4. The van der Waals surface area contributed by atoms with Gasteiger partial charge in [-0.2, -0.15) is 0 Å². The van der Waals surface area contributed by atoms with Crippen LogP contribution in [0.4, 0.5) is 11.5 Å². The molecule has 5 rings (SSSR count). The van der Waals surface area contributed by atoms with Crippen molar-refractivity contribution in [2.24, 2.45) is 0 Å². The number of aromatic nitrogens is 3. The van der Waals surface area contributed by atoms with Crippen molar-refractivity contribution in [2.45, 2.75) is 26.3 Å². The Morgan fingerprint density at radius 1 is 1.11 bits per heavy atom. The fourth-order valence-electron chi connectivity index (χ4n) is 3.70. The van der Waals surface area contributed by atoms with Crippen molar-refractivity contribution in [3.8, 4) is 11.5 Å². The molecule has 7 nitrogen and oxygen atoms in total. The highest BCUT2D eigenvalue weighted by molar-refractivity contribution is 6.07. The van der Waals surface area contributed by atoms with Crippen molar-refractivity contribution in [1.29, 1.82) is 0 Å². The van der Waals surface area contributed by atoms with Gasteiger partial charge in [-0.1, -0.05) is 0 Å². The summed E-state index contributed by atoms with van der Waals surface area (Å²) in [5.74, 6) is 1.57. The van der Waals surface area contributed by atoms with Crippen molar-refractivity contribution in [3.63, 3.8) is 0 Å². The molecule has 7 heteroatoms. The molecule has 136 valence electrons. The van der Waals surface area contributed by atoms with E-state index in [1.807, 2.05) is 25.1 Å². The molecule has 1 saturated heterocycles. The fraction of sp³-hybridized carbons (Fsp3) is 0.300. The second-order valence-electron chi connectivity index (χ2n) is 6.89. The highest BCUT2D eigenvalue weighted by Gasteiger charge is 2.35. The van der Waals surface area contributed by atoms with E-state index in [0.717, 1.165) is 35.9 Å². The second-order valence-corrected chi connectivity index (χ2v) is 6.89. The smallest absolute Gasteiger partial charge is 0.296 e. The van der Waals surface area contributed by atoms with Crippen LogP contribution in [-0.4, -0.2) is 33.9 Å². The number of aryl methyl sites for hydroxylation is 1. The third kappa shape index (κ3) is 2.66. The van der Waals surface area contributed by atoms with Crippen LogP contribution in [-0.2, 0) is 6.54 Å². The molecule has 1 amide bonds. The molecule has 3 aromatic rings. The molecule has 27 heavy (non-hydrogen) atoms. The van der Waals surface area contributed by atoms with E-state index in [0.29, 0.717) is 23.9 Å². The summed E-state index contributed by atoms with van der Waals surface area (Å²) < 4.78 is 5.85. The van der Waals surface area contributed by atoms with Gasteiger partial charge >= 0.3 is 0 Å². The maximum Gasteiger partial charge on any atom is 0.296 e. The highest BCUT2D eigenvalue weighted by Crippen LogP contribution is 2.33. The van der Waals surface area contributed by atoms with Crippen molar-refractivity contribution >= 4 is 17.4 Å². The van der Waals surface area contributed by atoms with Gasteiger partial charge in [-0.15, -0.1) is 0 Å². The molecule has 5 heterocycles. The van der Waals surface area contributed by atoms with E-state index in [-0.39, 0.29) is 5.91 Å². The minimum atomic E-state index is -0.184. The molecule has 0 atom stereocenters. The zero-order valence-corrected chi connectivity index (χ0v) is 15.1. The van der Waals surface area contributed by atoms with Crippen molar-refractivity contribution in [2.75, 3.05) is 22.9 Å². The Hall–Kier alpha value is -3.22. The first-order valence-corrected chi connectivity index (χ1v) is 9.15. The Balaban J connectivity index is 1.43. The lowest BCUT2D eigenvalue weighted by Gasteiger charge is -2.17. The van der Waals surface area contributed by atoms with E-state index in [4.69, 9.17) is 9.40 Å². The molecule has 2 aliphatic rings. The zero-order valence-electron chi connectivity index (χ0n) is 15.1. The van der Waals surface area contributed by atoms with Gasteiger partial charge < -0.3 is 9.32 Å². The Bertz CT molecular complexity index is 1010. The van der Waals surface area contributed by atoms with E-state index < -0.39 is 0 Å². The molecule has 3 aromatic heterocycles. The number of fused-ring (bicyclic) bond motifs is 1. The number of nitrogens with zero attached hydrogens (tertiary/aromatic N) is 5. The number of hydrogen-bond donors (Lipinski definition) is 0. The summed E-state index contributed by atoms with van der Waals surface area (Å²) in [7, 11) is 0. The average Bonchev–Trinajstić information content (AvgIpc) is 3.41. The fourth-order valence-corrected chi connectivity index (χ4v) is 3.70. The number of carbonyl (C=O) groups excluding carboxylic acids is 1. The Kier molecular flexibility index (Phi) is 3.67. The largest absolute Gasteiger partial charge is 0.430 e. The maximum absolute atomic E-state index is 12.7. The zero-order chi connectivity index (χ0) is 18.4. The van der Waals surface area contributed by atoms with Crippen LogP contribution >= 0.6 is 0 Å². The van der Waals surface area contributed by atoms with Gasteiger partial charge in [0.05, 0.1) is 29.7 Å². The number of oxazole rings is 1. The van der Waals surface area contributed by atoms with Gasteiger partial charge in [-0.05, 0) is 44.0 Å². The summed E-state index contributed by atoms with van der Waals surface area (Å²) in [6, 6.07) is 7.65. The molecule has 0 saturated carbocycles. The van der Waals surface area contributed by atoms with E-state index in [1.165, 1.54) is 12.8 Å². The molecular weight excluding hydrogens is 342 g/mol. The summed E-state index contributed by atoms with van der Waals surface area (Å²) in [5, 5.41) is 0. The number of hydrogen-bond acceptors (Lipinski definition) is 6. The van der Waals surface area contributed by atoms with Crippen LogP contribution in [0.15, 0.2) is 41.1 Å². The number of carbonyl (C=O) groups is 1. The topological polar surface area (TPSA) is 75.4 Å². The SMILES string of the molecule is Cc1nc(N2CCCC2)ccc1-c1nc2c(o1)C(=O)N(c1cccnc1)C2. The lowest BCUT2D eigenvalue weighted by molar-refractivity contribution is 0.0972. The van der Waals surface area contributed by atoms with Crippen LogP contribution in [0.25, 0.3) is 11.5 Å². The molecule has 0 aliphatic carbocycles. The first kappa shape index (κ1) is 16.0. The normalized spacial score (nSPS) is 16.3. The van der Waals surface area contributed by atoms with E-state index in [1.54, 1.807) is 23.4 Å². The lowest BCUT2D eigenvalue weighted by atomic mass is 10.2. The lowest BCUT2D eigenvalue weighted by Crippen LogP contribution is -2.23. The third-order valence-electron chi connectivity index (χ3n) is 5.13. The molecule has 0 unspecified atom stereocenters. The monoisotopic (exact) mass is 361 g/mol. The predicted molar refractivity (Wildman–Crippen MR) is 101 cm³/mol. The summed E-state index contributed by atoms with van der Waals surface area (Å²) >= 11 is 0. The van der Waals surface area contributed by atoms with E-state index in [9.17, 15) is 4.79 Å². The van der Waals surface area contributed by atoms with Gasteiger partial charge in [-0.3, -0.25) is 14.7 Å². The van der Waals surface area contributed by atoms with Crippen LogP contribution < -0.4 is 9.80 Å². The minimum absolute atomic E-state index is 0.184. The summed E-state index contributed by atoms with van der Waals surface area (Å²) in [4.78, 5) is 30.0. The Morgan fingerprint density at radius 3 is 2.67 bits per heavy atom. The molecule has 0 N–H and O–H groups in total. The number of amides is 1. The number of rotatable bonds is 3. The Labute approximate surface area is 156 Å². The van der Waals surface area contributed by atoms with Crippen LogP contribution in [0.1, 0.15) is 34.8 Å². The first-order chi connectivity index (χ1) is 13.2. The summed E-state index contributed by atoms with van der Waals surface area (Å²) in [5.41, 5.74) is 3.08. The van der Waals surface area contributed by atoms with Crippen LogP contribution in [0, 0.1) is 6.92 Å². The average molecular weight is 361 g/mol. The van der Waals surface area contributed by atoms with Crippen molar-refractivity contribution < 1.29 is 9.21 Å². The summed E-state index contributed by atoms with van der Waals surface area (Å²) in [6.45, 7) is 4.45. The minimum Gasteiger partial charge on any atom is -0.430 e. The molecule has 0 aromatic carbocycles. The van der Waals surface area contributed by atoms with Crippen molar-refractivity contribution in [3.05, 3.63) is 53.8 Å². The number of anilines is 2.